The predicted molar refractivity (Wildman–Crippen MR) is 119 cm³/mol. The summed E-state index contributed by atoms with van der Waals surface area (Å²) < 4.78 is 59.0. The number of alkyl halides is 3. The predicted octanol–water partition coefficient (Wildman–Crippen LogP) is 4.81. The molecule has 2 aromatic rings. The largest absolute Gasteiger partial charge is 0.457 e. The first-order chi connectivity index (χ1) is 15.4. The van der Waals surface area contributed by atoms with Gasteiger partial charge in [-0.2, -0.15) is 13.2 Å². The lowest BCUT2D eigenvalue weighted by molar-refractivity contribution is -0.138. The molecule has 1 atom stereocenters. The number of benzene rings is 2. The van der Waals surface area contributed by atoms with Crippen molar-refractivity contribution in [3.05, 3.63) is 48.0 Å². The molecule has 3 N–H and O–H groups in total. The fourth-order valence-electron chi connectivity index (χ4n) is 3.46. The van der Waals surface area contributed by atoms with E-state index in [-0.39, 0.29) is 49.1 Å². The molecule has 33 heavy (non-hydrogen) atoms. The molecule has 0 aliphatic carbocycles. The van der Waals surface area contributed by atoms with Gasteiger partial charge in [-0.3, -0.25) is 0 Å². The SMILES string of the molecule is CC(C)(C)OC(=O)NC[C@@H]1CN(c2c(N)ccc(Oc3ccccc3)c2C(F)(F)F)CCO1. The first-order valence-electron chi connectivity index (χ1n) is 10.5. The zero-order valence-corrected chi connectivity index (χ0v) is 18.7. The standard InChI is InChI=1S/C23H28F3N3O4/c1-22(2,3)33-21(30)28-13-16-14-29(11-12-31-16)20-17(27)9-10-18(19(20)23(24,25)26)32-15-7-5-4-6-8-15/h4-10,16H,11-14,27H2,1-3H3,(H,28,30)/t16-/m1/s1. The third kappa shape index (κ3) is 6.67. The van der Waals surface area contributed by atoms with E-state index < -0.39 is 29.5 Å². The van der Waals surface area contributed by atoms with Crippen LogP contribution >= 0.6 is 0 Å². The van der Waals surface area contributed by atoms with Gasteiger partial charge in [0.2, 0.25) is 0 Å². The highest BCUT2D eigenvalue weighted by molar-refractivity contribution is 5.76. The van der Waals surface area contributed by atoms with E-state index in [1.807, 2.05) is 0 Å². The highest BCUT2D eigenvalue weighted by Gasteiger charge is 2.41. The summed E-state index contributed by atoms with van der Waals surface area (Å²) >= 11 is 0. The topological polar surface area (TPSA) is 86.1 Å². The molecule has 1 aliphatic rings. The van der Waals surface area contributed by atoms with E-state index in [4.69, 9.17) is 19.9 Å². The van der Waals surface area contributed by atoms with Crippen molar-refractivity contribution in [2.75, 3.05) is 36.9 Å². The molecule has 180 valence electrons. The number of hydrogen-bond acceptors (Lipinski definition) is 6. The van der Waals surface area contributed by atoms with Crippen molar-refractivity contribution in [3.63, 3.8) is 0 Å². The van der Waals surface area contributed by atoms with Gasteiger partial charge in [0.05, 0.1) is 24.1 Å². The summed E-state index contributed by atoms with van der Waals surface area (Å²) in [6, 6.07) is 10.8. The number of anilines is 2. The van der Waals surface area contributed by atoms with Crippen LogP contribution in [0.4, 0.5) is 29.3 Å². The number of alkyl carbamates (subject to hydrolysis) is 1. The van der Waals surface area contributed by atoms with Gasteiger partial charge in [0.25, 0.3) is 0 Å². The normalized spacial score (nSPS) is 16.9. The Morgan fingerprint density at radius 2 is 1.88 bits per heavy atom. The summed E-state index contributed by atoms with van der Waals surface area (Å²) in [5.74, 6) is -0.0621. The van der Waals surface area contributed by atoms with Crippen LogP contribution in [0.3, 0.4) is 0 Å². The van der Waals surface area contributed by atoms with Crippen LogP contribution in [0.2, 0.25) is 0 Å². The number of carbonyl (C=O) groups is 1. The highest BCUT2D eigenvalue weighted by Crippen LogP contribution is 2.47. The molecule has 0 spiro atoms. The average molecular weight is 467 g/mol. The fraction of sp³-hybridized carbons (Fsp3) is 0.435. The van der Waals surface area contributed by atoms with Crippen LogP contribution in [-0.2, 0) is 15.7 Å². The Balaban J connectivity index is 1.83. The molecular weight excluding hydrogens is 439 g/mol. The lowest BCUT2D eigenvalue weighted by Crippen LogP contribution is -2.48. The van der Waals surface area contributed by atoms with Crippen molar-refractivity contribution in [3.8, 4) is 11.5 Å². The Labute approximate surface area is 190 Å². The number of nitrogens with one attached hydrogen (secondary N) is 1. The molecule has 1 saturated heterocycles. The monoisotopic (exact) mass is 467 g/mol. The minimum Gasteiger partial charge on any atom is -0.457 e. The maximum atomic E-state index is 14.2. The Hall–Kier alpha value is -3.14. The lowest BCUT2D eigenvalue weighted by atomic mass is 10.1. The maximum Gasteiger partial charge on any atom is 0.422 e. The van der Waals surface area contributed by atoms with Gasteiger partial charge >= 0.3 is 12.3 Å². The summed E-state index contributed by atoms with van der Waals surface area (Å²) in [7, 11) is 0. The summed E-state index contributed by atoms with van der Waals surface area (Å²) in [5.41, 5.74) is 4.21. The maximum absolute atomic E-state index is 14.2. The van der Waals surface area contributed by atoms with Crippen molar-refractivity contribution in [2.45, 2.75) is 38.7 Å². The zero-order valence-electron chi connectivity index (χ0n) is 18.7. The second-order valence-corrected chi connectivity index (χ2v) is 8.61. The van der Waals surface area contributed by atoms with Gasteiger partial charge < -0.3 is 30.2 Å². The van der Waals surface area contributed by atoms with Crippen LogP contribution in [0.15, 0.2) is 42.5 Å². The molecule has 0 bridgehead atoms. The van der Waals surface area contributed by atoms with Crippen LogP contribution in [0.1, 0.15) is 26.3 Å². The third-order valence-corrected chi connectivity index (χ3v) is 4.75. The Kier molecular flexibility index (Phi) is 7.26. The molecular formula is C23H28F3N3O4. The van der Waals surface area contributed by atoms with Crippen LogP contribution in [0.5, 0.6) is 11.5 Å². The van der Waals surface area contributed by atoms with Gasteiger partial charge in [-0.25, -0.2) is 4.79 Å². The van der Waals surface area contributed by atoms with Gasteiger partial charge in [0, 0.05) is 19.6 Å². The number of para-hydroxylation sites is 1. The molecule has 7 nitrogen and oxygen atoms in total. The van der Waals surface area contributed by atoms with Crippen LogP contribution in [0.25, 0.3) is 0 Å². The molecule has 1 fully saturated rings. The van der Waals surface area contributed by atoms with Crippen molar-refractivity contribution >= 4 is 17.5 Å². The summed E-state index contributed by atoms with van der Waals surface area (Å²) in [5, 5.41) is 2.59. The fourth-order valence-corrected chi connectivity index (χ4v) is 3.46. The zero-order chi connectivity index (χ0) is 24.2. The van der Waals surface area contributed by atoms with Gasteiger partial charge in [0.1, 0.15) is 22.7 Å². The number of hydrogen-bond donors (Lipinski definition) is 2. The van der Waals surface area contributed by atoms with Gasteiger partial charge in [-0.15, -0.1) is 0 Å². The van der Waals surface area contributed by atoms with Gasteiger partial charge in [-0.05, 0) is 45.0 Å². The number of nitrogen functional groups attached to an aromatic ring is 1. The second-order valence-electron chi connectivity index (χ2n) is 8.61. The molecule has 10 heteroatoms. The van der Waals surface area contributed by atoms with E-state index in [1.54, 1.807) is 51.1 Å². The molecule has 1 heterocycles. The van der Waals surface area contributed by atoms with Crippen molar-refractivity contribution in [1.82, 2.24) is 5.32 Å². The van der Waals surface area contributed by atoms with Crippen molar-refractivity contribution < 1.29 is 32.2 Å². The number of morpholine rings is 1. The van der Waals surface area contributed by atoms with Crippen LogP contribution in [0, 0.1) is 0 Å². The van der Waals surface area contributed by atoms with Crippen molar-refractivity contribution in [1.29, 1.82) is 0 Å². The molecule has 0 radical (unpaired) electrons. The first kappa shape index (κ1) is 24.5. The van der Waals surface area contributed by atoms with E-state index >= 15 is 0 Å². The summed E-state index contributed by atoms with van der Waals surface area (Å²) in [6.07, 6.45) is -5.89. The lowest BCUT2D eigenvalue weighted by Gasteiger charge is -2.37. The first-order valence-corrected chi connectivity index (χ1v) is 10.5. The number of nitrogens with zero attached hydrogens (tertiary/aromatic N) is 1. The molecule has 1 amide bonds. The van der Waals surface area contributed by atoms with Gasteiger partial charge in [-0.1, -0.05) is 18.2 Å². The minimum atomic E-state index is -4.71. The van der Waals surface area contributed by atoms with E-state index in [0.29, 0.717) is 0 Å². The smallest absolute Gasteiger partial charge is 0.422 e. The molecule has 0 saturated carbocycles. The minimum absolute atomic E-state index is 0.0245. The Bertz CT molecular complexity index is 962. The molecule has 0 aromatic heterocycles. The van der Waals surface area contributed by atoms with E-state index in [9.17, 15) is 18.0 Å². The number of carbonyl (C=O) groups excluding carboxylic acids is 1. The Morgan fingerprint density at radius 3 is 2.52 bits per heavy atom. The van der Waals surface area contributed by atoms with Crippen LogP contribution < -0.4 is 20.7 Å². The van der Waals surface area contributed by atoms with Crippen molar-refractivity contribution in [2.24, 2.45) is 0 Å². The molecule has 1 aliphatic heterocycles. The Morgan fingerprint density at radius 1 is 1.18 bits per heavy atom. The second kappa shape index (κ2) is 9.78. The van der Waals surface area contributed by atoms with Gasteiger partial charge in [0.15, 0.2) is 0 Å². The number of amides is 1. The van der Waals surface area contributed by atoms with E-state index in [0.717, 1.165) is 0 Å². The summed E-state index contributed by atoms with van der Waals surface area (Å²) in [6.45, 7) is 5.74. The molecule has 3 rings (SSSR count). The summed E-state index contributed by atoms with van der Waals surface area (Å²) in [4.78, 5) is 13.4. The number of rotatable bonds is 5. The van der Waals surface area contributed by atoms with Crippen LogP contribution in [-0.4, -0.2) is 44.0 Å². The quantitative estimate of drug-likeness (QED) is 0.614. The van der Waals surface area contributed by atoms with E-state index in [2.05, 4.69) is 5.32 Å². The number of nitrogens with two attached hydrogens (primary N) is 1. The highest BCUT2D eigenvalue weighted by atomic mass is 19.4. The average Bonchev–Trinajstić information content (AvgIpc) is 2.72. The molecule has 2 aromatic carbocycles. The molecule has 0 unspecified atom stereocenters. The van der Waals surface area contributed by atoms with E-state index in [1.165, 1.54) is 17.0 Å². The number of halogens is 3. The number of ether oxygens (including phenoxy) is 3. The third-order valence-electron chi connectivity index (χ3n) is 4.75.